The Morgan fingerprint density at radius 1 is 0.652 bits per heavy atom. The number of hydrogen-bond donors (Lipinski definition) is 0. The van der Waals surface area contributed by atoms with Crippen molar-refractivity contribution < 1.29 is 14.0 Å². The van der Waals surface area contributed by atoms with Crippen molar-refractivity contribution in [1.82, 2.24) is 0 Å². The molecular weight excluding hydrogens is 307 g/mol. The van der Waals surface area contributed by atoms with Crippen LogP contribution in [0.5, 0.6) is 0 Å². The van der Waals surface area contributed by atoms with Gasteiger partial charge in [-0.3, -0.25) is 0 Å². The van der Waals surface area contributed by atoms with Gasteiger partial charge in [0, 0.05) is 6.66 Å². The van der Waals surface area contributed by atoms with E-state index < -0.39 is 7.60 Å². The second-order valence-corrected chi connectivity index (χ2v) is 8.71. The second-order valence-electron chi connectivity index (χ2n) is 6.91. The minimum absolute atomic E-state index is 0.357. The largest absolute Gasteiger partial charge is 0.779 e. The highest BCUT2D eigenvalue weighted by molar-refractivity contribution is 7.50. The molecule has 4 heteroatoms. The highest BCUT2D eigenvalue weighted by atomic mass is 31.2. The molecule has 1 atom stereocenters. The summed E-state index contributed by atoms with van der Waals surface area (Å²) < 4.78 is 15.5. The zero-order chi connectivity index (χ0) is 17.2. The van der Waals surface area contributed by atoms with Gasteiger partial charge in [-0.1, -0.05) is 103 Å². The van der Waals surface area contributed by atoms with Crippen molar-refractivity contribution in [2.45, 2.75) is 110 Å². The standard InChI is InChI=1S/C19H41O3P/c1-3-4-5-6-7-8-9-10-11-12-13-14-15-16-17-18-19-22-23(2,20)21/h3-19H2,1-2H3,(H,20,21)/p-1. The minimum Gasteiger partial charge on any atom is -0.779 e. The van der Waals surface area contributed by atoms with Crippen molar-refractivity contribution in [1.29, 1.82) is 0 Å². The quantitative estimate of drug-likeness (QED) is 0.211. The maximum atomic E-state index is 10.8. The van der Waals surface area contributed by atoms with E-state index in [9.17, 15) is 9.46 Å². The van der Waals surface area contributed by atoms with Gasteiger partial charge < -0.3 is 14.0 Å². The maximum absolute atomic E-state index is 10.8. The lowest BCUT2D eigenvalue weighted by molar-refractivity contribution is -0.196. The zero-order valence-electron chi connectivity index (χ0n) is 15.7. The summed E-state index contributed by atoms with van der Waals surface area (Å²) in [6.45, 7) is 3.77. The van der Waals surface area contributed by atoms with E-state index in [1.54, 1.807) is 0 Å². The summed E-state index contributed by atoms with van der Waals surface area (Å²) in [5.41, 5.74) is 0. The minimum atomic E-state index is -3.51. The molecular formula is C19H40O3P-. The summed E-state index contributed by atoms with van der Waals surface area (Å²) in [6.07, 6.45) is 21.2. The third kappa shape index (κ3) is 22.2. The van der Waals surface area contributed by atoms with Crippen LogP contribution in [0.2, 0.25) is 0 Å². The van der Waals surface area contributed by atoms with Crippen LogP contribution in [-0.2, 0) is 9.09 Å². The SMILES string of the molecule is CCCCCCCCCCCCCCCCCCOP(C)(=O)[O-]. The Morgan fingerprint density at radius 3 is 1.26 bits per heavy atom. The number of hydrogen-bond acceptors (Lipinski definition) is 3. The highest BCUT2D eigenvalue weighted by Gasteiger charge is 1.98. The van der Waals surface area contributed by atoms with Crippen LogP contribution in [0.1, 0.15) is 110 Å². The molecule has 0 spiro atoms. The molecule has 0 saturated heterocycles. The zero-order valence-corrected chi connectivity index (χ0v) is 16.6. The fraction of sp³-hybridized carbons (Fsp3) is 1.00. The van der Waals surface area contributed by atoms with Gasteiger partial charge in [0.05, 0.1) is 6.61 Å². The third-order valence-corrected chi connectivity index (χ3v) is 4.98. The Kier molecular flexibility index (Phi) is 17.1. The Labute approximate surface area is 145 Å². The molecule has 0 aliphatic heterocycles. The maximum Gasteiger partial charge on any atom is 0.131 e. The Bertz CT molecular complexity index is 276. The van der Waals surface area contributed by atoms with E-state index in [0.717, 1.165) is 19.5 Å². The lowest BCUT2D eigenvalue weighted by atomic mass is 10.0. The molecule has 0 aromatic heterocycles. The van der Waals surface area contributed by atoms with Gasteiger partial charge in [-0.15, -0.1) is 0 Å². The first kappa shape index (κ1) is 23.1. The van der Waals surface area contributed by atoms with E-state index in [2.05, 4.69) is 6.92 Å². The summed E-state index contributed by atoms with van der Waals surface area (Å²) in [7, 11) is -3.51. The van der Waals surface area contributed by atoms with Crippen LogP contribution in [-0.4, -0.2) is 13.3 Å². The summed E-state index contributed by atoms with van der Waals surface area (Å²) in [5.74, 6) is 0. The normalized spacial score (nSPS) is 14.0. The monoisotopic (exact) mass is 347 g/mol. The highest BCUT2D eigenvalue weighted by Crippen LogP contribution is 2.31. The first-order valence-electron chi connectivity index (χ1n) is 9.99. The van der Waals surface area contributed by atoms with Crippen molar-refractivity contribution in [3.63, 3.8) is 0 Å². The van der Waals surface area contributed by atoms with Crippen LogP contribution in [0, 0.1) is 0 Å². The molecule has 140 valence electrons. The molecule has 0 fully saturated rings. The van der Waals surface area contributed by atoms with Crippen molar-refractivity contribution in [3.8, 4) is 0 Å². The molecule has 0 aliphatic rings. The summed E-state index contributed by atoms with van der Waals surface area (Å²) in [6, 6.07) is 0. The molecule has 0 rings (SSSR count). The van der Waals surface area contributed by atoms with Crippen LogP contribution in [0.15, 0.2) is 0 Å². The molecule has 0 aliphatic carbocycles. The predicted molar refractivity (Wildman–Crippen MR) is 99.0 cm³/mol. The van der Waals surface area contributed by atoms with E-state index in [0.29, 0.717) is 6.61 Å². The van der Waals surface area contributed by atoms with Gasteiger partial charge in [0.1, 0.15) is 7.60 Å². The molecule has 0 bridgehead atoms. The Hall–Kier alpha value is 0.150. The van der Waals surface area contributed by atoms with Gasteiger partial charge in [-0.25, -0.2) is 0 Å². The molecule has 0 radical (unpaired) electrons. The van der Waals surface area contributed by atoms with Crippen LogP contribution >= 0.6 is 7.60 Å². The van der Waals surface area contributed by atoms with E-state index in [4.69, 9.17) is 4.52 Å². The van der Waals surface area contributed by atoms with Crippen LogP contribution < -0.4 is 4.89 Å². The average Bonchev–Trinajstić information content (AvgIpc) is 2.49. The van der Waals surface area contributed by atoms with Crippen molar-refractivity contribution in [2.75, 3.05) is 13.3 Å². The lowest BCUT2D eigenvalue weighted by Gasteiger charge is -2.17. The van der Waals surface area contributed by atoms with Crippen molar-refractivity contribution in [3.05, 3.63) is 0 Å². The predicted octanol–water partition coefficient (Wildman–Crippen LogP) is 6.45. The molecule has 3 nitrogen and oxygen atoms in total. The molecule has 1 unspecified atom stereocenters. The molecule has 0 aromatic rings. The fourth-order valence-corrected chi connectivity index (χ4v) is 3.34. The molecule has 0 aromatic carbocycles. The summed E-state index contributed by atoms with van der Waals surface area (Å²) in [4.78, 5) is 10.8. The van der Waals surface area contributed by atoms with E-state index in [1.165, 1.54) is 89.9 Å². The lowest BCUT2D eigenvalue weighted by Crippen LogP contribution is -2.03. The van der Waals surface area contributed by atoms with Crippen molar-refractivity contribution >= 4 is 7.60 Å². The van der Waals surface area contributed by atoms with Gasteiger partial charge in [-0.2, -0.15) is 0 Å². The van der Waals surface area contributed by atoms with Gasteiger partial charge in [0.25, 0.3) is 0 Å². The number of rotatable bonds is 18. The van der Waals surface area contributed by atoms with E-state index in [1.807, 2.05) is 0 Å². The Balaban J connectivity index is 3.01. The van der Waals surface area contributed by atoms with E-state index >= 15 is 0 Å². The average molecular weight is 347 g/mol. The van der Waals surface area contributed by atoms with Gasteiger partial charge in [-0.05, 0) is 6.42 Å². The van der Waals surface area contributed by atoms with E-state index in [-0.39, 0.29) is 0 Å². The fourth-order valence-electron chi connectivity index (χ4n) is 2.88. The third-order valence-electron chi connectivity index (χ3n) is 4.32. The van der Waals surface area contributed by atoms with Crippen LogP contribution in [0.4, 0.5) is 0 Å². The van der Waals surface area contributed by atoms with Crippen LogP contribution in [0.3, 0.4) is 0 Å². The second kappa shape index (κ2) is 17.0. The van der Waals surface area contributed by atoms with Crippen LogP contribution in [0.25, 0.3) is 0 Å². The molecule has 23 heavy (non-hydrogen) atoms. The molecule has 0 heterocycles. The first-order chi connectivity index (χ1) is 11.1. The number of unbranched alkanes of at least 4 members (excludes halogenated alkanes) is 15. The Morgan fingerprint density at radius 2 is 0.957 bits per heavy atom. The topological polar surface area (TPSA) is 49.4 Å². The molecule has 0 amide bonds. The van der Waals surface area contributed by atoms with Crippen molar-refractivity contribution in [2.24, 2.45) is 0 Å². The molecule has 0 saturated carbocycles. The van der Waals surface area contributed by atoms with Gasteiger partial charge in [0.15, 0.2) is 0 Å². The molecule has 0 N–H and O–H groups in total. The summed E-state index contributed by atoms with van der Waals surface area (Å²) in [5, 5.41) is 0. The van der Waals surface area contributed by atoms with Gasteiger partial charge >= 0.3 is 0 Å². The van der Waals surface area contributed by atoms with Gasteiger partial charge in [0.2, 0.25) is 0 Å². The smallest absolute Gasteiger partial charge is 0.131 e. The summed E-state index contributed by atoms with van der Waals surface area (Å²) >= 11 is 0. The first-order valence-corrected chi connectivity index (χ1v) is 12.0.